The fraction of sp³-hybridized carbons (Fsp3) is 0.429. The Balaban J connectivity index is 2.60. The van der Waals surface area contributed by atoms with Gasteiger partial charge in [-0.05, 0) is 39.2 Å². The fourth-order valence-corrected chi connectivity index (χ4v) is 1.35. The monoisotopic (exact) mass is 291 g/mol. The molecule has 1 aromatic rings. The topological polar surface area (TPSA) is 94.4 Å². The molecular weight excluding hydrogens is 274 g/mol. The Kier molecular flexibility index (Phi) is 5.24. The van der Waals surface area contributed by atoms with Gasteiger partial charge in [0.1, 0.15) is 17.5 Å². The van der Waals surface area contributed by atoms with Crippen LogP contribution in [-0.2, 0) is 4.74 Å². The molecule has 1 N–H and O–H groups in total. The van der Waals surface area contributed by atoms with Gasteiger partial charge in [-0.2, -0.15) is 0 Å². The highest BCUT2D eigenvalue weighted by molar-refractivity contribution is 5.68. The van der Waals surface area contributed by atoms with E-state index >= 15 is 0 Å². The van der Waals surface area contributed by atoms with Gasteiger partial charge in [0, 0.05) is 6.07 Å². The van der Waals surface area contributed by atoms with Gasteiger partial charge < -0.3 is 10.1 Å². The molecule has 0 fully saturated rings. The van der Waals surface area contributed by atoms with E-state index in [4.69, 9.17) is 4.74 Å². The average Bonchev–Trinajstić information content (AvgIpc) is 2.33. The number of hydrogen-bond acceptors (Lipinski definition) is 5. The third kappa shape index (κ3) is 5.91. The molecule has 7 nitrogen and oxygen atoms in total. The molecule has 7 heteroatoms. The first-order valence-electron chi connectivity index (χ1n) is 6.26. The van der Waals surface area contributed by atoms with Crippen LogP contribution in [0.2, 0.25) is 0 Å². The summed E-state index contributed by atoms with van der Waals surface area (Å²) in [4.78, 5) is 25.4. The van der Waals surface area contributed by atoms with Crippen molar-refractivity contribution in [3.05, 3.63) is 33.6 Å². The zero-order valence-electron chi connectivity index (χ0n) is 12.4. The summed E-state index contributed by atoms with van der Waals surface area (Å²) in [6, 6.07) is 1.40. The van der Waals surface area contributed by atoms with Gasteiger partial charge >= 0.3 is 6.09 Å². The number of nitrogens with one attached hydrogen (secondary N) is 1. The standard InChI is InChI=1S/C14H17N3O4/c1-10-8-11(17(19)20)9-16-12(10)6-5-7-15-13(18)21-14(2,3)4/h8-9H,7H2,1-4H3,(H,15,18). The minimum Gasteiger partial charge on any atom is -0.444 e. The first-order valence-corrected chi connectivity index (χ1v) is 6.26. The number of aromatic nitrogens is 1. The van der Waals surface area contributed by atoms with E-state index in [0.717, 1.165) is 6.20 Å². The van der Waals surface area contributed by atoms with E-state index < -0.39 is 16.6 Å². The predicted octanol–water partition coefficient (Wildman–Crippen LogP) is 2.17. The fourth-order valence-electron chi connectivity index (χ4n) is 1.35. The Morgan fingerprint density at radius 3 is 2.71 bits per heavy atom. The number of ether oxygens (including phenoxy) is 1. The quantitative estimate of drug-likeness (QED) is 0.512. The van der Waals surface area contributed by atoms with Crippen LogP contribution in [0.1, 0.15) is 32.0 Å². The van der Waals surface area contributed by atoms with Crippen molar-refractivity contribution in [1.29, 1.82) is 0 Å². The summed E-state index contributed by atoms with van der Waals surface area (Å²) in [5, 5.41) is 13.1. The smallest absolute Gasteiger partial charge is 0.408 e. The van der Waals surface area contributed by atoms with Gasteiger partial charge in [0.2, 0.25) is 0 Å². The Morgan fingerprint density at radius 1 is 1.52 bits per heavy atom. The number of amides is 1. The van der Waals surface area contributed by atoms with Gasteiger partial charge in [-0.3, -0.25) is 10.1 Å². The van der Waals surface area contributed by atoms with E-state index in [1.165, 1.54) is 6.07 Å². The Hall–Kier alpha value is -2.62. The number of aryl methyl sites for hydroxylation is 1. The average molecular weight is 291 g/mol. The minimum atomic E-state index is -0.561. The zero-order valence-corrected chi connectivity index (χ0v) is 12.4. The first kappa shape index (κ1) is 16.4. The van der Waals surface area contributed by atoms with E-state index in [-0.39, 0.29) is 12.2 Å². The van der Waals surface area contributed by atoms with Crippen molar-refractivity contribution >= 4 is 11.8 Å². The van der Waals surface area contributed by atoms with Crippen LogP contribution in [0.4, 0.5) is 10.5 Å². The number of nitro groups is 1. The number of carbonyl (C=O) groups excluding carboxylic acids is 1. The maximum atomic E-state index is 11.4. The van der Waals surface area contributed by atoms with Crippen molar-refractivity contribution in [3.63, 3.8) is 0 Å². The summed E-state index contributed by atoms with van der Waals surface area (Å²) in [6.07, 6.45) is 0.600. The van der Waals surface area contributed by atoms with Gasteiger partial charge in [-0.25, -0.2) is 9.78 Å². The molecule has 0 aliphatic heterocycles. The zero-order chi connectivity index (χ0) is 16.0. The maximum absolute atomic E-state index is 11.4. The summed E-state index contributed by atoms with van der Waals surface area (Å²) in [6.45, 7) is 7.09. The van der Waals surface area contributed by atoms with Crippen LogP contribution in [0.3, 0.4) is 0 Å². The van der Waals surface area contributed by atoms with E-state index in [0.29, 0.717) is 11.3 Å². The van der Waals surface area contributed by atoms with Gasteiger partial charge in [0.15, 0.2) is 0 Å². The highest BCUT2D eigenvalue weighted by Crippen LogP contribution is 2.13. The Morgan fingerprint density at radius 2 is 2.19 bits per heavy atom. The van der Waals surface area contributed by atoms with Gasteiger partial charge in [0.05, 0.1) is 11.5 Å². The van der Waals surface area contributed by atoms with Gasteiger partial charge in [-0.1, -0.05) is 5.92 Å². The van der Waals surface area contributed by atoms with Crippen LogP contribution in [0.25, 0.3) is 0 Å². The molecule has 1 aromatic heterocycles. The molecule has 0 bridgehead atoms. The molecule has 0 spiro atoms. The summed E-state index contributed by atoms with van der Waals surface area (Å²) in [7, 11) is 0. The Labute approximate surface area is 122 Å². The lowest BCUT2D eigenvalue weighted by molar-refractivity contribution is -0.385. The van der Waals surface area contributed by atoms with Crippen molar-refractivity contribution in [2.24, 2.45) is 0 Å². The second-order valence-electron chi connectivity index (χ2n) is 5.27. The largest absolute Gasteiger partial charge is 0.444 e. The van der Waals surface area contributed by atoms with Crippen LogP contribution in [0.15, 0.2) is 12.3 Å². The van der Waals surface area contributed by atoms with Crippen LogP contribution in [0, 0.1) is 28.9 Å². The van der Waals surface area contributed by atoms with E-state index in [2.05, 4.69) is 22.1 Å². The molecular formula is C14H17N3O4. The molecule has 0 radical (unpaired) electrons. The lowest BCUT2D eigenvalue weighted by Gasteiger charge is -2.18. The summed E-state index contributed by atoms with van der Waals surface area (Å²) < 4.78 is 5.05. The second kappa shape index (κ2) is 6.70. The number of carbonyl (C=O) groups is 1. The number of hydrogen-bond donors (Lipinski definition) is 1. The Bertz CT molecular complexity index is 609. The van der Waals surface area contributed by atoms with Crippen molar-refractivity contribution in [1.82, 2.24) is 10.3 Å². The molecule has 0 aliphatic rings. The summed E-state index contributed by atoms with van der Waals surface area (Å²) >= 11 is 0. The normalized spacial score (nSPS) is 10.3. The number of nitrogens with zero attached hydrogens (tertiary/aromatic N) is 2. The van der Waals surface area contributed by atoms with Crippen molar-refractivity contribution in [2.75, 3.05) is 6.54 Å². The van der Waals surface area contributed by atoms with Crippen LogP contribution in [-0.4, -0.2) is 28.1 Å². The molecule has 0 aliphatic carbocycles. The van der Waals surface area contributed by atoms with Crippen LogP contribution < -0.4 is 5.32 Å². The lowest BCUT2D eigenvalue weighted by atomic mass is 10.2. The third-order valence-corrected chi connectivity index (χ3v) is 2.20. The summed E-state index contributed by atoms with van der Waals surface area (Å²) in [5.41, 5.74) is 0.402. The first-order chi connectivity index (χ1) is 9.69. The van der Waals surface area contributed by atoms with Crippen LogP contribution >= 0.6 is 0 Å². The van der Waals surface area contributed by atoms with Crippen molar-refractivity contribution in [2.45, 2.75) is 33.3 Å². The number of alkyl carbamates (subject to hydrolysis) is 1. The van der Waals surface area contributed by atoms with Gasteiger partial charge in [-0.15, -0.1) is 0 Å². The molecule has 0 atom stereocenters. The van der Waals surface area contributed by atoms with Crippen molar-refractivity contribution < 1.29 is 14.5 Å². The predicted molar refractivity (Wildman–Crippen MR) is 76.7 cm³/mol. The third-order valence-electron chi connectivity index (χ3n) is 2.20. The molecule has 112 valence electrons. The number of pyridine rings is 1. The molecule has 0 saturated heterocycles. The maximum Gasteiger partial charge on any atom is 0.408 e. The van der Waals surface area contributed by atoms with E-state index in [9.17, 15) is 14.9 Å². The molecule has 0 unspecified atom stereocenters. The molecule has 1 amide bonds. The molecule has 0 saturated carbocycles. The highest BCUT2D eigenvalue weighted by Gasteiger charge is 2.15. The molecule has 1 heterocycles. The van der Waals surface area contributed by atoms with Crippen molar-refractivity contribution in [3.8, 4) is 11.8 Å². The minimum absolute atomic E-state index is 0.0788. The highest BCUT2D eigenvalue weighted by atomic mass is 16.6. The van der Waals surface area contributed by atoms with Crippen LogP contribution in [0.5, 0.6) is 0 Å². The van der Waals surface area contributed by atoms with Gasteiger partial charge in [0.25, 0.3) is 5.69 Å². The number of rotatable bonds is 2. The molecule has 1 rings (SSSR count). The van der Waals surface area contributed by atoms with E-state index in [1.807, 2.05) is 0 Å². The van der Waals surface area contributed by atoms with E-state index in [1.54, 1.807) is 27.7 Å². The lowest BCUT2D eigenvalue weighted by Crippen LogP contribution is -2.32. The molecule has 0 aromatic carbocycles. The summed E-state index contributed by atoms with van der Waals surface area (Å²) in [5.74, 6) is 5.46. The molecule has 21 heavy (non-hydrogen) atoms. The second-order valence-corrected chi connectivity index (χ2v) is 5.27. The SMILES string of the molecule is Cc1cc([N+](=O)[O-])cnc1C#CCNC(=O)OC(C)(C)C.